The van der Waals surface area contributed by atoms with E-state index < -0.39 is 35.3 Å². The quantitative estimate of drug-likeness (QED) is 0.837. The van der Waals surface area contributed by atoms with E-state index in [2.05, 4.69) is 0 Å². The summed E-state index contributed by atoms with van der Waals surface area (Å²) in [5.41, 5.74) is -0.837. The molecule has 1 atom stereocenters. The Balaban J connectivity index is 1.71. The van der Waals surface area contributed by atoms with Crippen LogP contribution in [0.1, 0.15) is 37.7 Å². The fourth-order valence-corrected chi connectivity index (χ4v) is 3.71. The molecule has 1 aromatic carbocycles. The number of amides is 1. The summed E-state index contributed by atoms with van der Waals surface area (Å²) in [5, 5.41) is 9.82. The van der Waals surface area contributed by atoms with E-state index in [1.807, 2.05) is 0 Å². The third kappa shape index (κ3) is 3.58. The number of carbonyl (C=O) groups excluding carboxylic acids is 1. The topological polar surface area (TPSA) is 40.5 Å². The van der Waals surface area contributed by atoms with Gasteiger partial charge in [-0.05, 0) is 37.3 Å². The van der Waals surface area contributed by atoms with E-state index in [4.69, 9.17) is 0 Å². The van der Waals surface area contributed by atoms with Crippen LogP contribution in [0, 0.1) is 28.8 Å². The molecule has 24 heavy (non-hydrogen) atoms. The predicted octanol–water partition coefficient (Wildman–Crippen LogP) is 3.05. The summed E-state index contributed by atoms with van der Waals surface area (Å²) in [6, 6.07) is 1.55. The number of rotatable bonds is 5. The van der Waals surface area contributed by atoms with Crippen LogP contribution in [-0.4, -0.2) is 35.6 Å². The molecule has 3 rings (SSSR count). The van der Waals surface area contributed by atoms with E-state index in [1.54, 1.807) is 4.90 Å². The van der Waals surface area contributed by atoms with Gasteiger partial charge in [-0.15, -0.1) is 0 Å². The number of halogens is 3. The lowest BCUT2D eigenvalue weighted by molar-refractivity contribution is -0.135. The van der Waals surface area contributed by atoms with Crippen molar-refractivity contribution >= 4 is 5.91 Å². The maximum absolute atomic E-state index is 13.8. The summed E-state index contributed by atoms with van der Waals surface area (Å²) < 4.78 is 40.8. The molecule has 1 saturated carbocycles. The van der Waals surface area contributed by atoms with Gasteiger partial charge in [-0.25, -0.2) is 13.2 Å². The minimum atomic E-state index is -1.30. The first-order valence-electron chi connectivity index (χ1n) is 8.45. The third-order valence-corrected chi connectivity index (χ3v) is 5.24. The molecule has 1 aliphatic heterocycles. The Morgan fingerprint density at radius 3 is 2.62 bits per heavy atom. The highest BCUT2D eigenvalue weighted by Crippen LogP contribution is 2.44. The van der Waals surface area contributed by atoms with E-state index in [-0.39, 0.29) is 12.0 Å². The van der Waals surface area contributed by atoms with Gasteiger partial charge >= 0.3 is 0 Å². The van der Waals surface area contributed by atoms with Crippen molar-refractivity contribution in [2.24, 2.45) is 11.3 Å². The Labute approximate surface area is 139 Å². The highest BCUT2D eigenvalue weighted by molar-refractivity contribution is 5.79. The zero-order chi connectivity index (χ0) is 17.3. The molecule has 1 N–H and O–H groups in total. The average molecular weight is 341 g/mol. The molecule has 1 aromatic rings. The molecule has 1 aliphatic carbocycles. The Morgan fingerprint density at radius 2 is 1.96 bits per heavy atom. The normalized spacial score (nSPS) is 24.2. The van der Waals surface area contributed by atoms with Gasteiger partial charge in [-0.3, -0.25) is 4.79 Å². The van der Waals surface area contributed by atoms with E-state index in [1.165, 1.54) is 0 Å². The van der Waals surface area contributed by atoms with Crippen LogP contribution < -0.4 is 0 Å². The Kier molecular flexibility index (Phi) is 4.85. The number of hydrogen-bond donors (Lipinski definition) is 1. The molecular weight excluding hydrogens is 319 g/mol. The first-order chi connectivity index (χ1) is 11.4. The number of nitrogens with zero attached hydrogens (tertiary/aromatic N) is 1. The van der Waals surface area contributed by atoms with Gasteiger partial charge in [0, 0.05) is 24.1 Å². The van der Waals surface area contributed by atoms with E-state index in [0.29, 0.717) is 25.1 Å². The van der Waals surface area contributed by atoms with E-state index in [9.17, 15) is 23.1 Å². The molecular formula is C18H22F3NO2. The van der Waals surface area contributed by atoms with Crippen LogP contribution in [0.3, 0.4) is 0 Å². The van der Waals surface area contributed by atoms with Gasteiger partial charge in [0.25, 0.3) is 0 Å². The van der Waals surface area contributed by atoms with Gasteiger partial charge in [0.15, 0.2) is 11.6 Å². The fraction of sp³-hybridized carbons (Fsp3) is 0.611. The van der Waals surface area contributed by atoms with Crippen LogP contribution in [0.25, 0.3) is 0 Å². The lowest BCUT2D eigenvalue weighted by atomic mass is 9.76. The van der Waals surface area contributed by atoms with Crippen molar-refractivity contribution in [2.45, 2.75) is 38.5 Å². The molecule has 6 heteroatoms. The molecule has 2 fully saturated rings. The predicted molar refractivity (Wildman–Crippen MR) is 82.7 cm³/mol. The number of piperidine rings is 1. The molecule has 1 heterocycles. The number of aliphatic hydroxyl groups excluding tert-OH is 1. The maximum Gasteiger partial charge on any atom is 0.227 e. The van der Waals surface area contributed by atoms with E-state index in [0.717, 1.165) is 38.2 Å². The average Bonchev–Trinajstić information content (AvgIpc) is 3.39. The van der Waals surface area contributed by atoms with Crippen molar-refractivity contribution < 1.29 is 23.1 Å². The second-order valence-corrected chi connectivity index (χ2v) is 7.22. The summed E-state index contributed by atoms with van der Waals surface area (Å²) in [6.07, 6.45) is 4.32. The Bertz CT molecular complexity index is 633. The SMILES string of the molecule is O=C(Cc1c(F)ccc(F)c1F)N1CCCC(CO)(CC2CC2)C1. The van der Waals surface area contributed by atoms with E-state index >= 15 is 0 Å². The minimum absolute atomic E-state index is 0.00989. The number of carbonyl (C=O) groups is 1. The van der Waals surface area contributed by atoms with Gasteiger partial charge < -0.3 is 10.0 Å². The zero-order valence-corrected chi connectivity index (χ0v) is 13.5. The maximum atomic E-state index is 13.8. The van der Waals surface area contributed by atoms with Crippen LogP contribution in [0.15, 0.2) is 12.1 Å². The van der Waals surface area contributed by atoms with Gasteiger partial charge in [-0.1, -0.05) is 12.8 Å². The summed E-state index contributed by atoms with van der Waals surface area (Å²) in [4.78, 5) is 14.0. The first kappa shape index (κ1) is 17.3. The fourth-order valence-electron chi connectivity index (χ4n) is 3.71. The zero-order valence-electron chi connectivity index (χ0n) is 13.5. The molecule has 0 radical (unpaired) electrons. The molecule has 1 saturated heterocycles. The second-order valence-electron chi connectivity index (χ2n) is 7.22. The summed E-state index contributed by atoms with van der Waals surface area (Å²) >= 11 is 0. The molecule has 132 valence electrons. The molecule has 0 spiro atoms. The summed E-state index contributed by atoms with van der Waals surface area (Å²) in [5.74, 6) is -3.18. The number of benzene rings is 1. The third-order valence-electron chi connectivity index (χ3n) is 5.24. The highest BCUT2D eigenvalue weighted by Gasteiger charge is 2.41. The minimum Gasteiger partial charge on any atom is -0.396 e. The van der Waals surface area contributed by atoms with Crippen LogP contribution in [-0.2, 0) is 11.2 Å². The van der Waals surface area contributed by atoms with Crippen LogP contribution in [0.4, 0.5) is 13.2 Å². The van der Waals surface area contributed by atoms with Gasteiger partial charge in [0.2, 0.25) is 5.91 Å². The molecule has 0 bridgehead atoms. The van der Waals surface area contributed by atoms with Crippen molar-refractivity contribution in [3.63, 3.8) is 0 Å². The van der Waals surface area contributed by atoms with Crippen molar-refractivity contribution in [2.75, 3.05) is 19.7 Å². The largest absolute Gasteiger partial charge is 0.396 e. The van der Waals surface area contributed by atoms with Crippen LogP contribution in [0.2, 0.25) is 0 Å². The molecule has 3 nitrogen and oxygen atoms in total. The molecule has 1 unspecified atom stereocenters. The van der Waals surface area contributed by atoms with Crippen LogP contribution >= 0.6 is 0 Å². The summed E-state index contributed by atoms with van der Waals surface area (Å²) in [7, 11) is 0. The van der Waals surface area contributed by atoms with Gasteiger partial charge in [-0.2, -0.15) is 0 Å². The smallest absolute Gasteiger partial charge is 0.227 e. The molecule has 1 amide bonds. The molecule has 0 aromatic heterocycles. The number of aliphatic hydroxyl groups is 1. The van der Waals surface area contributed by atoms with Gasteiger partial charge in [0.05, 0.1) is 13.0 Å². The van der Waals surface area contributed by atoms with Gasteiger partial charge in [0.1, 0.15) is 5.82 Å². The lowest BCUT2D eigenvalue weighted by Gasteiger charge is -2.42. The monoisotopic (exact) mass is 341 g/mol. The first-order valence-corrected chi connectivity index (χ1v) is 8.45. The standard InChI is InChI=1S/C18H22F3NO2/c19-14-4-5-15(20)17(21)13(14)8-16(24)22-7-1-6-18(10-22,11-23)9-12-2-3-12/h4-5,12,23H,1-3,6-11H2. The van der Waals surface area contributed by atoms with Crippen molar-refractivity contribution in [1.29, 1.82) is 0 Å². The number of likely N-dealkylation sites (tertiary alicyclic amines) is 1. The molecule has 2 aliphatic rings. The Hall–Kier alpha value is -1.56. The van der Waals surface area contributed by atoms with Crippen molar-refractivity contribution in [1.82, 2.24) is 4.90 Å². The second kappa shape index (κ2) is 6.75. The van der Waals surface area contributed by atoms with Crippen LogP contribution in [0.5, 0.6) is 0 Å². The van der Waals surface area contributed by atoms with Crippen molar-refractivity contribution in [3.05, 3.63) is 35.1 Å². The Morgan fingerprint density at radius 1 is 1.25 bits per heavy atom. The highest BCUT2D eigenvalue weighted by atomic mass is 19.2. The number of hydrogen-bond acceptors (Lipinski definition) is 2. The van der Waals surface area contributed by atoms with Crippen molar-refractivity contribution in [3.8, 4) is 0 Å². The summed E-state index contributed by atoms with van der Waals surface area (Å²) in [6.45, 7) is 0.914. The lowest BCUT2D eigenvalue weighted by Crippen LogP contribution is -2.48.